The lowest BCUT2D eigenvalue weighted by Gasteiger charge is -2.21. The van der Waals surface area contributed by atoms with Crippen molar-refractivity contribution in [1.29, 1.82) is 0 Å². The molecule has 0 aliphatic heterocycles. The average Bonchev–Trinajstić information content (AvgIpc) is 2.69. The third kappa shape index (κ3) is 4.72. The molecule has 3 aromatic rings. The zero-order valence-electron chi connectivity index (χ0n) is 16.6. The van der Waals surface area contributed by atoms with Crippen LogP contribution in [0.25, 0.3) is 10.8 Å². The number of nitrogens with one attached hydrogen (secondary N) is 1. The summed E-state index contributed by atoms with van der Waals surface area (Å²) in [6.45, 7) is 7.15. The molecule has 3 aromatic carbocycles. The van der Waals surface area contributed by atoms with Gasteiger partial charge < -0.3 is 5.32 Å². The van der Waals surface area contributed by atoms with Crippen LogP contribution in [0.15, 0.2) is 78.2 Å². The molecule has 29 heavy (non-hydrogen) atoms. The molecule has 0 bridgehead atoms. The van der Waals surface area contributed by atoms with Gasteiger partial charge in [-0.2, -0.15) is 4.31 Å². The van der Waals surface area contributed by atoms with Gasteiger partial charge in [0, 0.05) is 12.2 Å². The Morgan fingerprint density at radius 2 is 1.72 bits per heavy atom. The molecular formula is C23H24N2O3S. The van der Waals surface area contributed by atoms with E-state index in [1.807, 2.05) is 50.2 Å². The molecule has 150 valence electrons. The van der Waals surface area contributed by atoms with E-state index in [9.17, 15) is 13.2 Å². The van der Waals surface area contributed by atoms with E-state index in [1.54, 1.807) is 24.3 Å². The molecule has 0 spiro atoms. The van der Waals surface area contributed by atoms with Crippen LogP contribution in [0.3, 0.4) is 0 Å². The van der Waals surface area contributed by atoms with Gasteiger partial charge in [0.1, 0.15) is 0 Å². The number of fused-ring (bicyclic) bond motifs is 1. The molecule has 5 nitrogen and oxygen atoms in total. The Bertz CT molecular complexity index is 1170. The molecule has 3 rings (SSSR count). The lowest BCUT2D eigenvalue weighted by molar-refractivity contribution is -0.116. The maximum absolute atomic E-state index is 13.0. The summed E-state index contributed by atoms with van der Waals surface area (Å²) in [7, 11) is -3.82. The SMILES string of the molecule is C=CCN(CC(=O)Nc1ccc2ccccc2c1)S(=O)(=O)c1ccc(C)c(C)c1. The van der Waals surface area contributed by atoms with Gasteiger partial charge in [-0.05, 0) is 60.0 Å². The molecule has 1 amide bonds. The van der Waals surface area contributed by atoms with Crippen molar-refractivity contribution in [3.05, 3.63) is 84.4 Å². The van der Waals surface area contributed by atoms with Gasteiger partial charge in [0.05, 0.1) is 11.4 Å². The number of hydrogen-bond acceptors (Lipinski definition) is 3. The molecule has 6 heteroatoms. The van der Waals surface area contributed by atoms with E-state index in [4.69, 9.17) is 0 Å². The first-order valence-electron chi connectivity index (χ1n) is 9.28. The van der Waals surface area contributed by atoms with Gasteiger partial charge in [-0.1, -0.05) is 42.5 Å². The molecule has 0 aliphatic rings. The summed E-state index contributed by atoms with van der Waals surface area (Å²) in [4.78, 5) is 12.7. The molecule has 0 heterocycles. The first-order valence-corrected chi connectivity index (χ1v) is 10.7. The van der Waals surface area contributed by atoms with Gasteiger partial charge in [0.25, 0.3) is 0 Å². The topological polar surface area (TPSA) is 66.5 Å². The highest BCUT2D eigenvalue weighted by Crippen LogP contribution is 2.21. The second-order valence-electron chi connectivity index (χ2n) is 6.94. The zero-order chi connectivity index (χ0) is 21.0. The summed E-state index contributed by atoms with van der Waals surface area (Å²) in [5, 5.41) is 4.85. The molecule has 0 atom stereocenters. The smallest absolute Gasteiger partial charge is 0.243 e. The quantitative estimate of drug-likeness (QED) is 0.594. The molecule has 1 N–H and O–H groups in total. The molecule has 0 unspecified atom stereocenters. The number of benzene rings is 3. The molecular weight excluding hydrogens is 384 g/mol. The minimum Gasteiger partial charge on any atom is -0.325 e. The van der Waals surface area contributed by atoms with Gasteiger partial charge in [-0.25, -0.2) is 8.42 Å². The number of hydrogen-bond donors (Lipinski definition) is 1. The fourth-order valence-corrected chi connectivity index (χ4v) is 4.50. The first-order chi connectivity index (χ1) is 13.8. The van der Waals surface area contributed by atoms with E-state index < -0.39 is 15.9 Å². The Morgan fingerprint density at radius 3 is 2.41 bits per heavy atom. The Kier molecular flexibility index (Phi) is 6.15. The highest BCUT2D eigenvalue weighted by Gasteiger charge is 2.26. The van der Waals surface area contributed by atoms with E-state index in [0.29, 0.717) is 5.69 Å². The van der Waals surface area contributed by atoms with Crippen LogP contribution in [0, 0.1) is 13.8 Å². The van der Waals surface area contributed by atoms with E-state index in [1.165, 1.54) is 6.08 Å². The summed E-state index contributed by atoms with van der Waals surface area (Å²) in [6.07, 6.45) is 1.47. The monoisotopic (exact) mass is 408 g/mol. The van der Waals surface area contributed by atoms with E-state index >= 15 is 0 Å². The van der Waals surface area contributed by atoms with E-state index in [-0.39, 0.29) is 18.0 Å². The van der Waals surface area contributed by atoms with Crippen LogP contribution in [0.1, 0.15) is 11.1 Å². The van der Waals surface area contributed by atoms with Crippen LogP contribution in [0.2, 0.25) is 0 Å². The predicted octanol–water partition coefficient (Wildman–Crippen LogP) is 4.27. The lowest BCUT2D eigenvalue weighted by Crippen LogP contribution is -2.38. The number of rotatable bonds is 7. The number of carbonyl (C=O) groups excluding carboxylic acids is 1. The van der Waals surface area contributed by atoms with Crippen LogP contribution in [-0.4, -0.2) is 31.7 Å². The second kappa shape index (κ2) is 8.59. The second-order valence-corrected chi connectivity index (χ2v) is 8.88. The van der Waals surface area contributed by atoms with Gasteiger partial charge in [0.2, 0.25) is 15.9 Å². The number of sulfonamides is 1. The molecule has 0 aliphatic carbocycles. The third-order valence-corrected chi connectivity index (χ3v) is 6.61. The van der Waals surface area contributed by atoms with Crippen LogP contribution in [0.4, 0.5) is 5.69 Å². The summed E-state index contributed by atoms with van der Waals surface area (Å²) in [5.41, 5.74) is 2.51. The molecule has 0 fully saturated rings. The van der Waals surface area contributed by atoms with Crippen LogP contribution in [-0.2, 0) is 14.8 Å². The van der Waals surface area contributed by atoms with Crippen molar-refractivity contribution in [2.45, 2.75) is 18.7 Å². The van der Waals surface area contributed by atoms with Crippen molar-refractivity contribution in [1.82, 2.24) is 4.31 Å². The highest BCUT2D eigenvalue weighted by molar-refractivity contribution is 7.89. The lowest BCUT2D eigenvalue weighted by atomic mass is 10.1. The summed E-state index contributed by atoms with van der Waals surface area (Å²) >= 11 is 0. The maximum Gasteiger partial charge on any atom is 0.243 e. The standard InChI is InChI=1S/C23H24N2O3S/c1-4-13-25(29(27,28)22-12-9-17(2)18(3)14-22)16-23(26)24-21-11-10-19-7-5-6-8-20(19)15-21/h4-12,14-15H,1,13,16H2,2-3H3,(H,24,26). The Balaban J connectivity index is 1.80. The van der Waals surface area contributed by atoms with Crippen molar-refractivity contribution in [3.63, 3.8) is 0 Å². The van der Waals surface area contributed by atoms with Gasteiger partial charge in [0.15, 0.2) is 0 Å². The fraction of sp³-hybridized carbons (Fsp3) is 0.174. The minimum atomic E-state index is -3.82. The fourth-order valence-electron chi connectivity index (χ4n) is 3.04. The number of aryl methyl sites for hydroxylation is 2. The number of nitrogens with zero attached hydrogens (tertiary/aromatic N) is 1. The Labute approximate surface area is 171 Å². The molecule has 0 saturated heterocycles. The normalized spacial score (nSPS) is 11.6. The van der Waals surface area contributed by atoms with Crippen LogP contribution in [0.5, 0.6) is 0 Å². The summed E-state index contributed by atoms with van der Waals surface area (Å²) < 4.78 is 27.2. The number of carbonyl (C=O) groups is 1. The summed E-state index contributed by atoms with van der Waals surface area (Å²) in [6, 6.07) is 18.4. The van der Waals surface area contributed by atoms with Crippen molar-refractivity contribution in [2.75, 3.05) is 18.4 Å². The Hall–Kier alpha value is -2.96. The van der Waals surface area contributed by atoms with Crippen molar-refractivity contribution >= 4 is 32.4 Å². The third-order valence-electron chi connectivity index (χ3n) is 4.80. The largest absolute Gasteiger partial charge is 0.325 e. The van der Waals surface area contributed by atoms with Crippen molar-refractivity contribution in [3.8, 4) is 0 Å². The Morgan fingerprint density at radius 1 is 1.00 bits per heavy atom. The van der Waals surface area contributed by atoms with Gasteiger partial charge in [-0.15, -0.1) is 6.58 Å². The van der Waals surface area contributed by atoms with Gasteiger partial charge in [-0.3, -0.25) is 4.79 Å². The van der Waals surface area contributed by atoms with Gasteiger partial charge >= 0.3 is 0 Å². The summed E-state index contributed by atoms with van der Waals surface area (Å²) in [5.74, 6) is -0.408. The average molecular weight is 409 g/mol. The molecule has 0 aromatic heterocycles. The molecule has 0 radical (unpaired) electrons. The zero-order valence-corrected chi connectivity index (χ0v) is 17.4. The van der Waals surface area contributed by atoms with E-state index in [2.05, 4.69) is 11.9 Å². The van der Waals surface area contributed by atoms with Crippen LogP contribution >= 0.6 is 0 Å². The number of amides is 1. The van der Waals surface area contributed by atoms with E-state index in [0.717, 1.165) is 26.2 Å². The highest BCUT2D eigenvalue weighted by atomic mass is 32.2. The van der Waals surface area contributed by atoms with Crippen molar-refractivity contribution in [2.24, 2.45) is 0 Å². The van der Waals surface area contributed by atoms with Crippen LogP contribution < -0.4 is 5.32 Å². The molecule has 0 saturated carbocycles. The minimum absolute atomic E-state index is 0.0421. The first kappa shape index (κ1) is 20.8. The predicted molar refractivity (Wildman–Crippen MR) is 117 cm³/mol. The maximum atomic E-state index is 13.0. The van der Waals surface area contributed by atoms with Crippen molar-refractivity contribution < 1.29 is 13.2 Å². The number of anilines is 1.